The number of Topliss-reactive ketones (excluding diaryl/α,β-unsaturated/α-hetero) is 1. The van der Waals surface area contributed by atoms with Crippen LogP contribution in [0.1, 0.15) is 26.2 Å². The van der Waals surface area contributed by atoms with Gasteiger partial charge in [0.15, 0.2) is 6.29 Å². The van der Waals surface area contributed by atoms with Crippen molar-refractivity contribution in [3.8, 4) is 0 Å². The van der Waals surface area contributed by atoms with Crippen molar-refractivity contribution in [1.82, 2.24) is 0 Å². The smallest absolute Gasteiger partial charge is 0.187 e. The highest BCUT2D eigenvalue weighted by Crippen LogP contribution is 2.46. The summed E-state index contributed by atoms with van der Waals surface area (Å²) < 4.78 is 17.3. The second-order valence-corrected chi connectivity index (χ2v) is 8.71. The summed E-state index contributed by atoms with van der Waals surface area (Å²) >= 11 is 0. The highest BCUT2D eigenvalue weighted by molar-refractivity contribution is 5.83. The predicted molar refractivity (Wildman–Crippen MR) is 97.5 cm³/mol. The van der Waals surface area contributed by atoms with Crippen LogP contribution >= 0.6 is 0 Å². The van der Waals surface area contributed by atoms with E-state index in [1.165, 1.54) is 0 Å². The van der Waals surface area contributed by atoms with Crippen LogP contribution in [0.2, 0.25) is 0 Å². The fourth-order valence-corrected chi connectivity index (χ4v) is 5.35. The maximum absolute atomic E-state index is 12.6. The van der Waals surface area contributed by atoms with Gasteiger partial charge in [0.2, 0.25) is 0 Å². The van der Waals surface area contributed by atoms with Gasteiger partial charge in [-0.05, 0) is 25.7 Å². The number of rotatable bonds is 3. The second-order valence-electron chi connectivity index (χ2n) is 8.71. The number of carbonyl (C=O) groups is 1. The fourth-order valence-electron chi connectivity index (χ4n) is 5.35. The number of ether oxygens (including phenoxy) is 3. The molecule has 9 nitrogen and oxygen atoms in total. The first-order valence-electron chi connectivity index (χ1n) is 10.3. The molecule has 2 aliphatic heterocycles. The van der Waals surface area contributed by atoms with Crippen molar-refractivity contribution in [2.45, 2.75) is 81.3 Å². The van der Waals surface area contributed by atoms with Crippen molar-refractivity contribution in [3.63, 3.8) is 0 Å². The molecule has 0 aromatic carbocycles. The van der Waals surface area contributed by atoms with Gasteiger partial charge in [-0.2, -0.15) is 0 Å². The Hall–Kier alpha value is -0.910. The maximum Gasteiger partial charge on any atom is 0.187 e. The summed E-state index contributed by atoms with van der Waals surface area (Å²) in [6.45, 7) is 1.31. The van der Waals surface area contributed by atoms with Crippen LogP contribution in [0, 0.1) is 17.8 Å². The average molecular weight is 414 g/mol. The van der Waals surface area contributed by atoms with Crippen molar-refractivity contribution >= 4 is 5.78 Å². The standard InChI is InChI=1S/C20H30O9/c1-8-5-10(22)15-12(27-8)6-9-3-2-4-11(14(9)17(15)24)28-20-19(26)18(25)16(23)13(7-21)29-20/h2,4,8-9,11-21,23-26H,3,5-7H2,1H3. The molecule has 12 atom stereocenters. The largest absolute Gasteiger partial charge is 0.394 e. The van der Waals surface area contributed by atoms with E-state index in [1.54, 1.807) is 6.08 Å². The topological polar surface area (TPSA) is 146 Å². The van der Waals surface area contributed by atoms with Gasteiger partial charge < -0.3 is 39.7 Å². The SMILES string of the molecule is CC1CC(=O)C2C(CC3CC=CC(OC4OC(CO)C(O)C(O)C4O)C3C2O)O1. The molecule has 1 saturated carbocycles. The summed E-state index contributed by atoms with van der Waals surface area (Å²) in [5, 5.41) is 50.6. The number of hydrogen-bond acceptors (Lipinski definition) is 9. The van der Waals surface area contributed by atoms with Gasteiger partial charge >= 0.3 is 0 Å². The Bertz CT molecular complexity index is 637. The Kier molecular flexibility index (Phi) is 6.12. The Labute approximate surface area is 168 Å². The number of carbonyl (C=O) groups excluding carboxylic acids is 1. The van der Waals surface area contributed by atoms with Gasteiger partial charge in [-0.15, -0.1) is 0 Å². The van der Waals surface area contributed by atoms with Crippen LogP contribution in [0.3, 0.4) is 0 Å². The molecule has 0 bridgehead atoms. The van der Waals surface area contributed by atoms with Crippen LogP contribution in [-0.4, -0.2) is 93.0 Å². The molecule has 5 N–H and O–H groups in total. The predicted octanol–water partition coefficient (Wildman–Crippen LogP) is -1.51. The Balaban J connectivity index is 1.52. The van der Waals surface area contributed by atoms with E-state index < -0.39 is 61.4 Å². The lowest BCUT2D eigenvalue weighted by molar-refractivity contribution is -0.316. The van der Waals surface area contributed by atoms with Gasteiger partial charge in [0, 0.05) is 12.3 Å². The van der Waals surface area contributed by atoms with Gasteiger partial charge in [-0.1, -0.05) is 12.2 Å². The number of aliphatic hydroxyl groups is 5. The van der Waals surface area contributed by atoms with Gasteiger partial charge in [-0.3, -0.25) is 4.79 Å². The van der Waals surface area contributed by atoms with Crippen LogP contribution in [0.4, 0.5) is 0 Å². The van der Waals surface area contributed by atoms with Crippen molar-refractivity contribution < 1.29 is 44.5 Å². The number of allylic oxidation sites excluding steroid dienone is 1. The molecule has 0 aromatic rings. The van der Waals surface area contributed by atoms with E-state index in [1.807, 2.05) is 13.0 Å². The normalized spacial score (nSPS) is 52.7. The molecular formula is C20H30O9. The van der Waals surface area contributed by atoms with E-state index in [0.717, 1.165) is 0 Å². The van der Waals surface area contributed by atoms with Crippen molar-refractivity contribution in [1.29, 1.82) is 0 Å². The van der Waals surface area contributed by atoms with Crippen LogP contribution in [0.5, 0.6) is 0 Å². The Morgan fingerprint density at radius 1 is 1.10 bits per heavy atom. The maximum atomic E-state index is 12.6. The zero-order chi connectivity index (χ0) is 20.9. The second kappa shape index (κ2) is 8.32. The van der Waals surface area contributed by atoms with Gasteiger partial charge in [0.1, 0.15) is 30.2 Å². The quantitative estimate of drug-likeness (QED) is 0.348. The van der Waals surface area contributed by atoms with E-state index in [9.17, 15) is 30.3 Å². The first-order chi connectivity index (χ1) is 13.8. The fraction of sp³-hybridized carbons (Fsp3) is 0.850. The number of ketones is 1. The molecule has 12 unspecified atom stereocenters. The molecule has 164 valence electrons. The van der Waals surface area contributed by atoms with E-state index in [0.29, 0.717) is 12.8 Å². The number of aliphatic hydroxyl groups excluding tert-OH is 5. The summed E-state index contributed by atoms with van der Waals surface area (Å²) in [5.41, 5.74) is 0. The minimum Gasteiger partial charge on any atom is -0.394 e. The van der Waals surface area contributed by atoms with Crippen molar-refractivity contribution in [2.75, 3.05) is 6.61 Å². The summed E-state index contributed by atoms with van der Waals surface area (Å²) in [6.07, 6.45) is -3.67. The molecule has 2 aliphatic carbocycles. The Morgan fingerprint density at radius 3 is 2.59 bits per heavy atom. The Morgan fingerprint density at radius 2 is 1.86 bits per heavy atom. The number of fused-ring (bicyclic) bond motifs is 2. The lowest BCUT2D eigenvalue weighted by Gasteiger charge is -2.51. The summed E-state index contributed by atoms with van der Waals surface area (Å²) in [4.78, 5) is 12.6. The van der Waals surface area contributed by atoms with Gasteiger partial charge in [-0.25, -0.2) is 0 Å². The highest BCUT2D eigenvalue weighted by Gasteiger charge is 2.54. The molecule has 0 spiro atoms. The van der Waals surface area contributed by atoms with Crippen LogP contribution in [0.15, 0.2) is 12.2 Å². The molecule has 3 fully saturated rings. The molecule has 0 amide bonds. The lowest BCUT2D eigenvalue weighted by Crippen LogP contribution is -2.62. The average Bonchev–Trinajstić information content (AvgIpc) is 2.67. The highest BCUT2D eigenvalue weighted by atomic mass is 16.7. The summed E-state index contributed by atoms with van der Waals surface area (Å²) in [7, 11) is 0. The van der Waals surface area contributed by atoms with E-state index >= 15 is 0 Å². The minimum atomic E-state index is -1.54. The minimum absolute atomic E-state index is 0.0131. The van der Waals surface area contributed by atoms with E-state index in [-0.39, 0.29) is 30.3 Å². The molecule has 2 heterocycles. The van der Waals surface area contributed by atoms with Crippen molar-refractivity contribution in [2.24, 2.45) is 17.8 Å². The summed E-state index contributed by atoms with van der Waals surface area (Å²) in [5.74, 6) is -0.987. The van der Waals surface area contributed by atoms with Crippen molar-refractivity contribution in [3.05, 3.63) is 12.2 Å². The first kappa shape index (κ1) is 21.3. The van der Waals surface area contributed by atoms with Crippen LogP contribution < -0.4 is 0 Å². The van der Waals surface area contributed by atoms with Crippen LogP contribution in [-0.2, 0) is 19.0 Å². The lowest BCUT2D eigenvalue weighted by atomic mass is 9.63. The molecular weight excluding hydrogens is 384 g/mol. The summed E-state index contributed by atoms with van der Waals surface area (Å²) in [6, 6.07) is 0. The zero-order valence-corrected chi connectivity index (χ0v) is 16.3. The molecule has 4 aliphatic rings. The molecule has 4 rings (SSSR count). The zero-order valence-electron chi connectivity index (χ0n) is 16.3. The monoisotopic (exact) mass is 414 g/mol. The third-order valence-corrected chi connectivity index (χ3v) is 6.79. The van der Waals surface area contributed by atoms with E-state index in [4.69, 9.17) is 14.2 Å². The number of hydrogen-bond donors (Lipinski definition) is 5. The third-order valence-electron chi connectivity index (χ3n) is 6.79. The molecule has 29 heavy (non-hydrogen) atoms. The molecule has 0 aromatic heterocycles. The van der Waals surface area contributed by atoms with Gasteiger partial charge in [0.05, 0.1) is 36.9 Å². The third kappa shape index (κ3) is 3.79. The first-order valence-corrected chi connectivity index (χ1v) is 10.3. The molecule has 9 heteroatoms. The van der Waals surface area contributed by atoms with Gasteiger partial charge in [0.25, 0.3) is 0 Å². The molecule has 2 saturated heterocycles. The molecule has 0 radical (unpaired) electrons. The van der Waals surface area contributed by atoms with Crippen LogP contribution in [0.25, 0.3) is 0 Å². The van der Waals surface area contributed by atoms with E-state index in [2.05, 4.69) is 0 Å².